The summed E-state index contributed by atoms with van der Waals surface area (Å²) in [5.41, 5.74) is 5.36. The van der Waals surface area contributed by atoms with Gasteiger partial charge in [0.25, 0.3) is 5.79 Å². The summed E-state index contributed by atoms with van der Waals surface area (Å²) in [4.78, 5) is 23.6. The number of aliphatic hydroxyl groups excluding tert-OH is 4. The quantitative estimate of drug-likeness (QED) is 0.0986. The Balaban J connectivity index is 2.80. The van der Waals surface area contributed by atoms with Crippen molar-refractivity contribution in [2.24, 2.45) is 5.73 Å². The lowest BCUT2D eigenvalue weighted by atomic mass is 9.88. The van der Waals surface area contributed by atoms with E-state index in [-0.39, 0.29) is 19.8 Å². The number of aliphatic carboxylic acids is 1. The molecule has 0 radical (unpaired) electrons. The lowest BCUT2D eigenvalue weighted by Crippen LogP contribution is -2.68. The highest BCUT2D eigenvalue weighted by atomic mass is 16.7. The fourth-order valence-electron chi connectivity index (χ4n) is 3.33. The van der Waals surface area contributed by atoms with Gasteiger partial charge in [0.05, 0.1) is 24.9 Å². The molecule has 6 atom stereocenters. The second kappa shape index (κ2) is 14.4. The van der Waals surface area contributed by atoms with Crippen molar-refractivity contribution in [2.75, 3.05) is 33.0 Å². The highest BCUT2D eigenvalue weighted by molar-refractivity contribution is 5.78. The third kappa shape index (κ3) is 8.27. The average Bonchev–Trinajstić information content (AvgIpc) is 2.78. The van der Waals surface area contributed by atoms with Crippen LogP contribution in [-0.2, 0) is 23.8 Å². The first-order valence-electron chi connectivity index (χ1n) is 10.4. The van der Waals surface area contributed by atoms with Gasteiger partial charge in [-0.25, -0.2) is 4.79 Å². The first-order chi connectivity index (χ1) is 15.2. The van der Waals surface area contributed by atoms with Crippen LogP contribution in [0.2, 0.25) is 0 Å². The number of carbonyl (C=O) groups excluding carboxylic acids is 1. The van der Waals surface area contributed by atoms with Gasteiger partial charge >= 0.3 is 5.97 Å². The molecular weight excluding hydrogens is 428 g/mol. The Hall–Kier alpha value is -1.82. The molecule has 1 aliphatic rings. The second-order valence-electron chi connectivity index (χ2n) is 7.48. The molecule has 1 aliphatic heterocycles. The zero-order valence-corrected chi connectivity index (χ0v) is 17.9. The molecule has 0 spiro atoms. The zero-order chi connectivity index (χ0) is 24.1. The highest BCUT2D eigenvalue weighted by Crippen LogP contribution is 2.33. The lowest BCUT2D eigenvalue weighted by Gasteiger charge is -2.46. The molecule has 0 aromatic carbocycles. The Morgan fingerprint density at radius 2 is 1.91 bits per heavy atom. The number of carbonyl (C=O) groups is 2. The third-order valence-electron chi connectivity index (χ3n) is 5.05. The van der Waals surface area contributed by atoms with Gasteiger partial charge < -0.3 is 50.8 Å². The number of hydrogen-bond acceptors (Lipinski definition) is 10. The van der Waals surface area contributed by atoms with E-state index in [1.807, 2.05) is 0 Å². The summed E-state index contributed by atoms with van der Waals surface area (Å²) in [5, 5.41) is 51.9. The molecule has 8 N–H and O–H groups in total. The van der Waals surface area contributed by atoms with E-state index in [0.29, 0.717) is 19.4 Å². The maximum absolute atomic E-state index is 12.0. The molecule has 1 saturated heterocycles. The number of carboxylic acids is 1. The van der Waals surface area contributed by atoms with Gasteiger partial charge in [0.1, 0.15) is 25.4 Å². The van der Waals surface area contributed by atoms with Crippen LogP contribution < -0.4 is 11.1 Å². The van der Waals surface area contributed by atoms with Crippen molar-refractivity contribution in [3.05, 3.63) is 0 Å². The Labute approximate surface area is 186 Å². The van der Waals surface area contributed by atoms with Crippen molar-refractivity contribution in [2.45, 2.75) is 68.3 Å². The van der Waals surface area contributed by atoms with Crippen LogP contribution in [0.15, 0.2) is 0 Å². The van der Waals surface area contributed by atoms with Crippen LogP contribution in [0.25, 0.3) is 0 Å². The van der Waals surface area contributed by atoms with Crippen molar-refractivity contribution in [3.8, 4) is 12.3 Å². The molecule has 0 bridgehead atoms. The van der Waals surface area contributed by atoms with Crippen molar-refractivity contribution in [1.29, 1.82) is 0 Å². The van der Waals surface area contributed by atoms with Crippen molar-refractivity contribution < 1.29 is 49.3 Å². The molecule has 0 saturated carbocycles. The van der Waals surface area contributed by atoms with E-state index >= 15 is 0 Å². The number of nitrogens with two attached hydrogens (primary N) is 1. The molecule has 12 nitrogen and oxygen atoms in total. The first-order valence-corrected chi connectivity index (χ1v) is 10.4. The summed E-state index contributed by atoms with van der Waals surface area (Å²) >= 11 is 0. The summed E-state index contributed by atoms with van der Waals surface area (Å²) in [5.74, 6) is -2.36. The summed E-state index contributed by atoms with van der Waals surface area (Å²) in [7, 11) is 0. The van der Waals surface area contributed by atoms with Gasteiger partial charge in [-0.15, -0.1) is 6.42 Å². The standard InChI is InChI=1S/C20H34N2O10/c1-2-7-30-8-5-3-4-6-9-31-20(19(28)29)10-13(24)16(22-15(26)12-23)18(32-20)17(27)14(25)11-21/h1,13-14,16-18,23-25,27H,3-12,21H2,(H,22,26)(H,28,29)/t13-,14+,16+,17+,18+,20+/m0/s1. The normalized spacial score (nSPS) is 27.3. The van der Waals surface area contributed by atoms with Crippen molar-refractivity contribution in [3.63, 3.8) is 0 Å². The van der Waals surface area contributed by atoms with Crippen LogP contribution in [0.1, 0.15) is 32.1 Å². The van der Waals surface area contributed by atoms with Gasteiger partial charge in [0.15, 0.2) is 0 Å². The number of rotatable bonds is 15. The van der Waals surface area contributed by atoms with Gasteiger partial charge in [-0.05, 0) is 12.8 Å². The molecule has 1 rings (SSSR count). The molecule has 0 aliphatic carbocycles. The molecule has 32 heavy (non-hydrogen) atoms. The predicted octanol–water partition coefficient (Wildman–Crippen LogP) is -2.70. The van der Waals surface area contributed by atoms with E-state index in [1.165, 1.54) is 0 Å². The Morgan fingerprint density at radius 3 is 2.47 bits per heavy atom. The number of carboxylic acid groups (broad SMARTS) is 1. The molecule has 0 aromatic heterocycles. The zero-order valence-electron chi connectivity index (χ0n) is 17.9. The number of nitrogens with one attached hydrogen (secondary N) is 1. The second-order valence-corrected chi connectivity index (χ2v) is 7.48. The summed E-state index contributed by atoms with van der Waals surface area (Å²) in [6, 6.07) is -1.31. The van der Waals surface area contributed by atoms with E-state index in [9.17, 15) is 30.0 Å². The van der Waals surface area contributed by atoms with Gasteiger partial charge in [-0.2, -0.15) is 0 Å². The van der Waals surface area contributed by atoms with Crippen LogP contribution in [0, 0.1) is 12.3 Å². The molecule has 1 heterocycles. The van der Waals surface area contributed by atoms with Crippen LogP contribution in [0.3, 0.4) is 0 Å². The van der Waals surface area contributed by atoms with Crippen molar-refractivity contribution >= 4 is 11.9 Å². The van der Waals surface area contributed by atoms with Crippen LogP contribution in [0.5, 0.6) is 0 Å². The maximum atomic E-state index is 12.0. The number of terminal acetylenes is 1. The van der Waals surface area contributed by atoms with Crippen molar-refractivity contribution in [1.82, 2.24) is 5.32 Å². The third-order valence-corrected chi connectivity index (χ3v) is 5.05. The van der Waals surface area contributed by atoms with Crippen LogP contribution in [0.4, 0.5) is 0 Å². The Morgan fingerprint density at radius 1 is 1.25 bits per heavy atom. The fraction of sp³-hybridized carbons (Fsp3) is 0.800. The average molecular weight is 462 g/mol. The minimum atomic E-state index is -2.31. The molecule has 184 valence electrons. The first kappa shape index (κ1) is 28.2. The number of aliphatic hydroxyl groups is 4. The van der Waals surface area contributed by atoms with Gasteiger partial charge in [-0.3, -0.25) is 4.79 Å². The smallest absolute Gasteiger partial charge is 0.364 e. The maximum Gasteiger partial charge on any atom is 0.364 e. The largest absolute Gasteiger partial charge is 0.477 e. The van der Waals surface area contributed by atoms with Gasteiger partial charge in [0, 0.05) is 19.6 Å². The minimum Gasteiger partial charge on any atom is -0.477 e. The molecule has 1 amide bonds. The predicted molar refractivity (Wildman–Crippen MR) is 110 cm³/mol. The number of ether oxygens (including phenoxy) is 3. The van der Waals surface area contributed by atoms with Gasteiger partial charge in [0.2, 0.25) is 5.91 Å². The van der Waals surface area contributed by atoms with E-state index in [2.05, 4.69) is 11.2 Å². The molecule has 0 unspecified atom stereocenters. The SMILES string of the molecule is C#CCOCCCCCCO[C@]1(C(=O)O)C[C@H](O)[C@@H](NC(=O)CO)[C@H]([C@H](O)[C@H](O)CN)O1. The Bertz CT molecular complexity index is 628. The molecular formula is C20H34N2O10. The lowest BCUT2D eigenvalue weighted by molar-refractivity contribution is -0.310. The molecule has 0 aromatic rings. The minimum absolute atomic E-state index is 0.0137. The number of unbranched alkanes of at least 4 members (excludes halogenated alkanes) is 3. The molecule has 12 heteroatoms. The monoisotopic (exact) mass is 462 g/mol. The Kier molecular flexibility index (Phi) is 12.7. The highest BCUT2D eigenvalue weighted by Gasteiger charge is 2.55. The summed E-state index contributed by atoms with van der Waals surface area (Å²) < 4.78 is 16.2. The summed E-state index contributed by atoms with van der Waals surface area (Å²) in [6.07, 6.45) is 0.948. The number of amides is 1. The topological polar surface area (TPSA) is 201 Å². The van der Waals surface area contributed by atoms with E-state index in [0.717, 1.165) is 12.8 Å². The van der Waals surface area contributed by atoms with Crippen LogP contribution >= 0.6 is 0 Å². The molecule has 1 fully saturated rings. The van der Waals surface area contributed by atoms with Crippen LogP contribution in [-0.4, -0.2) is 107 Å². The summed E-state index contributed by atoms with van der Waals surface area (Å²) in [6.45, 7) is -0.539. The van der Waals surface area contributed by atoms with Gasteiger partial charge in [-0.1, -0.05) is 18.8 Å². The van der Waals surface area contributed by atoms with E-state index < -0.39 is 61.1 Å². The number of hydrogen-bond donors (Lipinski definition) is 7. The fourth-order valence-corrected chi connectivity index (χ4v) is 3.33. The van der Waals surface area contributed by atoms with E-state index in [4.69, 9.17) is 31.5 Å². The van der Waals surface area contributed by atoms with E-state index in [1.54, 1.807) is 0 Å².